The molecule has 2 rings (SSSR count). The second-order valence-corrected chi connectivity index (χ2v) is 2.08. The third-order valence-electron chi connectivity index (χ3n) is 1.41. The van der Waals surface area contributed by atoms with E-state index in [1.165, 1.54) is 0 Å². The molecule has 2 aromatic rings. The van der Waals surface area contributed by atoms with Crippen LogP contribution in [0.2, 0.25) is 0 Å². The summed E-state index contributed by atoms with van der Waals surface area (Å²) in [6, 6.07) is 7.91. The Morgan fingerprint density at radius 1 is 1.09 bits per heavy atom. The van der Waals surface area contributed by atoms with Gasteiger partial charge in [-0.1, -0.05) is 18.2 Å². The number of rotatable bonds is 0. The van der Waals surface area contributed by atoms with E-state index in [9.17, 15) is 0 Å². The summed E-state index contributed by atoms with van der Waals surface area (Å²) in [6.07, 6.45) is 3.37. The Morgan fingerprint density at radius 3 is 2.73 bits per heavy atom. The van der Waals surface area contributed by atoms with Crippen molar-refractivity contribution in [2.75, 3.05) is 0 Å². The smallest absolute Gasteiger partial charge is 0.116 e. The Kier molecular flexibility index (Phi) is 2.54. The number of nitrogens with zero attached hydrogens (tertiary/aromatic N) is 2. The average molecular weight is 211 g/mol. The lowest BCUT2D eigenvalue weighted by Crippen LogP contribution is -1.77. The zero-order chi connectivity index (χ0) is 6.81. The van der Waals surface area contributed by atoms with Crippen molar-refractivity contribution in [3.8, 4) is 0 Å². The van der Waals surface area contributed by atoms with Crippen molar-refractivity contribution in [3.05, 3.63) is 36.8 Å². The Bertz CT molecular complexity index is 283. The molecule has 56 valence electrons. The summed E-state index contributed by atoms with van der Waals surface area (Å²) in [5.41, 5.74) is 0.998. The fraction of sp³-hybridized carbons (Fsp3) is 0. The fourth-order valence-electron chi connectivity index (χ4n) is 0.923. The van der Waals surface area contributed by atoms with Crippen LogP contribution in [0.25, 0.3) is 10.9 Å². The first-order valence-electron chi connectivity index (χ1n) is 3.11. The Balaban J connectivity index is 0.000000605. The van der Waals surface area contributed by atoms with Crippen LogP contribution in [0.3, 0.4) is 0 Å². The Hall–Kier alpha value is -0.960. The topological polar surface area (TPSA) is 25.8 Å². The highest BCUT2D eigenvalue weighted by atomic mass is 79.9. The summed E-state index contributed by atoms with van der Waals surface area (Å²) in [7, 11) is 0. The maximum atomic E-state index is 4.07. The molecule has 1 aromatic carbocycles. The van der Waals surface area contributed by atoms with Gasteiger partial charge in [-0.15, -0.1) is 17.0 Å². The van der Waals surface area contributed by atoms with E-state index in [-0.39, 0.29) is 17.0 Å². The van der Waals surface area contributed by atoms with Gasteiger partial charge in [0.2, 0.25) is 0 Å². The number of benzene rings is 1. The average Bonchev–Trinajstić information content (AvgIpc) is 2.05. The molecule has 0 aliphatic carbocycles. The van der Waals surface area contributed by atoms with Crippen LogP contribution < -0.4 is 0 Å². The molecule has 0 saturated heterocycles. The Labute approximate surface area is 75.1 Å². The minimum absolute atomic E-state index is 0. The predicted octanol–water partition coefficient (Wildman–Crippen LogP) is 2.21. The molecule has 0 fully saturated rings. The summed E-state index contributed by atoms with van der Waals surface area (Å²) in [6.45, 7) is 0. The van der Waals surface area contributed by atoms with Gasteiger partial charge in [-0.05, 0) is 6.07 Å². The van der Waals surface area contributed by atoms with Crippen LogP contribution >= 0.6 is 17.0 Å². The van der Waals surface area contributed by atoms with Gasteiger partial charge in [0.05, 0.1) is 5.52 Å². The highest BCUT2D eigenvalue weighted by Crippen LogP contribution is 2.06. The highest BCUT2D eigenvalue weighted by molar-refractivity contribution is 8.93. The van der Waals surface area contributed by atoms with E-state index < -0.39 is 0 Å². The van der Waals surface area contributed by atoms with Crippen LogP contribution in [0.4, 0.5) is 0 Å². The first kappa shape index (κ1) is 8.14. The van der Waals surface area contributed by atoms with Crippen molar-refractivity contribution in [3.63, 3.8) is 0 Å². The van der Waals surface area contributed by atoms with Gasteiger partial charge in [0, 0.05) is 11.6 Å². The molecule has 2 nitrogen and oxygen atoms in total. The van der Waals surface area contributed by atoms with E-state index in [4.69, 9.17) is 0 Å². The van der Waals surface area contributed by atoms with Crippen molar-refractivity contribution in [1.29, 1.82) is 0 Å². The normalized spacial score (nSPS) is 9.09. The fourth-order valence-corrected chi connectivity index (χ4v) is 0.923. The van der Waals surface area contributed by atoms with Crippen LogP contribution in [-0.2, 0) is 0 Å². The lowest BCUT2D eigenvalue weighted by molar-refractivity contribution is 1.22. The lowest BCUT2D eigenvalue weighted by atomic mass is 10.2. The van der Waals surface area contributed by atoms with E-state index in [1.807, 2.05) is 30.5 Å². The third-order valence-corrected chi connectivity index (χ3v) is 1.41. The molecule has 0 spiro atoms. The van der Waals surface area contributed by atoms with Crippen molar-refractivity contribution >= 4 is 27.9 Å². The number of halogens is 1. The zero-order valence-corrected chi connectivity index (χ0v) is 7.48. The molecule has 0 atom stereocenters. The molecular formula is C8H7BrN2. The minimum Gasteiger partial charge on any atom is -0.244 e. The molecule has 0 bridgehead atoms. The number of fused-ring (bicyclic) bond motifs is 1. The monoisotopic (exact) mass is 210 g/mol. The van der Waals surface area contributed by atoms with Gasteiger partial charge in [0.25, 0.3) is 0 Å². The second-order valence-electron chi connectivity index (χ2n) is 2.08. The highest BCUT2D eigenvalue weighted by Gasteiger charge is 1.87. The van der Waals surface area contributed by atoms with E-state index in [0.29, 0.717) is 0 Å². The molecular weight excluding hydrogens is 204 g/mol. The molecule has 0 unspecified atom stereocenters. The van der Waals surface area contributed by atoms with Crippen LogP contribution in [0, 0.1) is 0 Å². The van der Waals surface area contributed by atoms with Gasteiger partial charge in [-0.3, -0.25) is 0 Å². The van der Waals surface area contributed by atoms with Gasteiger partial charge in [-0.2, -0.15) is 0 Å². The molecule has 0 N–H and O–H groups in total. The summed E-state index contributed by atoms with van der Waals surface area (Å²) < 4.78 is 0. The van der Waals surface area contributed by atoms with Crippen LogP contribution in [0.15, 0.2) is 36.8 Å². The lowest BCUT2D eigenvalue weighted by Gasteiger charge is -1.90. The van der Waals surface area contributed by atoms with Gasteiger partial charge in [0.15, 0.2) is 0 Å². The molecule has 0 radical (unpaired) electrons. The SMILES string of the molecule is Br.c1ccc2ncncc2c1. The van der Waals surface area contributed by atoms with Crippen molar-refractivity contribution in [2.45, 2.75) is 0 Å². The molecule has 11 heavy (non-hydrogen) atoms. The zero-order valence-electron chi connectivity index (χ0n) is 5.77. The molecule has 3 heteroatoms. The maximum absolute atomic E-state index is 4.07. The molecule has 0 aliphatic heterocycles. The molecule has 0 saturated carbocycles. The first-order valence-corrected chi connectivity index (χ1v) is 3.11. The van der Waals surface area contributed by atoms with Crippen molar-refractivity contribution < 1.29 is 0 Å². The van der Waals surface area contributed by atoms with E-state index in [0.717, 1.165) is 10.9 Å². The van der Waals surface area contributed by atoms with E-state index >= 15 is 0 Å². The largest absolute Gasteiger partial charge is 0.244 e. The molecule has 1 heterocycles. The predicted molar refractivity (Wildman–Crippen MR) is 49.9 cm³/mol. The molecule has 1 aromatic heterocycles. The van der Waals surface area contributed by atoms with Gasteiger partial charge in [0.1, 0.15) is 6.33 Å². The second kappa shape index (κ2) is 3.44. The number of para-hydroxylation sites is 1. The van der Waals surface area contributed by atoms with Crippen LogP contribution in [-0.4, -0.2) is 9.97 Å². The Morgan fingerprint density at radius 2 is 1.91 bits per heavy atom. The molecule has 0 amide bonds. The van der Waals surface area contributed by atoms with Crippen LogP contribution in [0.5, 0.6) is 0 Å². The van der Waals surface area contributed by atoms with Gasteiger partial charge in [-0.25, -0.2) is 9.97 Å². The maximum Gasteiger partial charge on any atom is 0.116 e. The summed E-state index contributed by atoms with van der Waals surface area (Å²) in [5.74, 6) is 0. The molecule has 0 aliphatic rings. The quantitative estimate of drug-likeness (QED) is 0.667. The minimum atomic E-state index is 0. The van der Waals surface area contributed by atoms with Gasteiger partial charge >= 0.3 is 0 Å². The number of aromatic nitrogens is 2. The first-order chi connectivity index (χ1) is 4.97. The van der Waals surface area contributed by atoms with Gasteiger partial charge < -0.3 is 0 Å². The summed E-state index contributed by atoms with van der Waals surface area (Å²) in [5, 5.41) is 1.09. The van der Waals surface area contributed by atoms with E-state index in [1.54, 1.807) is 6.33 Å². The van der Waals surface area contributed by atoms with Crippen molar-refractivity contribution in [1.82, 2.24) is 9.97 Å². The standard InChI is InChI=1S/C8H6N2.BrH/c1-2-4-8-7(3-1)5-9-6-10-8;/h1-6H;1H. The van der Waals surface area contributed by atoms with E-state index in [2.05, 4.69) is 9.97 Å². The number of hydrogen-bond donors (Lipinski definition) is 0. The summed E-state index contributed by atoms with van der Waals surface area (Å²) in [4.78, 5) is 7.97. The summed E-state index contributed by atoms with van der Waals surface area (Å²) >= 11 is 0. The van der Waals surface area contributed by atoms with Crippen LogP contribution in [0.1, 0.15) is 0 Å². The number of hydrogen-bond acceptors (Lipinski definition) is 2. The third kappa shape index (κ3) is 1.54. The van der Waals surface area contributed by atoms with Crippen molar-refractivity contribution in [2.24, 2.45) is 0 Å².